The Labute approximate surface area is 95.8 Å². The van der Waals surface area contributed by atoms with Gasteiger partial charge >= 0.3 is 0 Å². The summed E-state index contributed by atoms with van der Waals surface area (Å²) in [4.78, 5) is 0. The van der Waals surface area contributed by atoms with Gasteiger partial charge in [0.15, 0.2) is 0 Å². The molecule has 0 spiro atoms. The van der Waals surface area contributed by atoms with Gasteiger partial charge in [-0.1, -0.05) is 12.8 Å². The minimum Gasteiger partial charge on any atom is -0.379 e. The minimum atomic E-state index is 0.0530. The molecule has 0 bridgehead atoms. The number of methoxy groups -OCH3 is 1. The van der Waals surface area contributed by atoms with Gasteiger partial charge in [0.25, 0.3) is 0 Å². The molecule has 0 radical (unpaired) electrons. The fraction of sp³-hybridized carbons (Fsp3) is 1.00. The Bertz CT molecular complexity index is 158. The normalized spacial score (nSPS) is 13.2. The molecule has 0 aliphatic rings. The predicted octanol–water partition coefficient (Wildman–Crippen LogP) is 3.36. The predicted molar refractivity (Wildman–Crippen MR) is 67.3 cm³/mol. The first-order valence-electron chi connectivity index (χ1n) is 6.07. The zero-order chi connectivity index (χ0) is 11.9. The van der Waals surface area contributed by atoms with E-state index in [9.17, 15) is 0 Å². The Morgan fingerprint density at radius 2 is 1.53 bits per heavy atom. The maximum absolute atomic E-state index is 5.38. The molecule has 0 amide bonds. The maximum atomic E-state index is 5.38. The summed E-state index contributed by atoms with van der Waals surface area (Å²) in [5, 5.41) is 3.50. The van der Waals surface area contributed by atoms with Gasteiger partial charge in [-0.3, -0.25) is 0 Å². The molecule has 0 atom stereocenters. The highest BCUT2D eigenvalue weighted by Crippen LogP contribution is 2.17. The van der Waals surface area contributed by atoms with Crippen molar-refractivity contribution in [1.82, 2.24) is 5.32 Å². The van der Waals surface area contributed by atoms with Crippen LogP contribution < -0.4 is 5.32 Å². The van der Waals surface area contributed by atoms with Crippen molar-refractivity contribution in [2.24, 2.45) is 0 Å². The quantitative estimate of drug-likeness (QED) is 0.658. The number of hydrogen-bond acceptors (Lipinski definition) is 2. The lowest BCUT2D eigenvalue weighted by Crippen LogP contribution is -2.36. The molecule has 0 aromatic heterocycles. The molecule has 0 aromatic rings. The standard InChI is InChI=1S/C13H29NO/c1-12(2,3)14-11-9-7-8-10-13(4,5)15-6/h14H,7-11H2,1-6H3. The molecule has 0 fully saturated rings. The van der Waals surface area contributed by atoms with Gasteiger partial charge in [0, 0.05) is 12.6 Å². The highest BCUT2D eigenvalue weighted by molar-refractivity contribution is 4.70. The summed E-state index contributed by atoms with van der Waals surface area (Å²) in [6.07, 6.45) is 4.96. The van der Waals surface area contributed by atoms with Gasteiger partial charge in [-0.15, -0.1) is 0 Å². The van der Waals surface area contributed by atoms with Gasteiger partial charge in [-0.25, -0.2) is 0 Å². The third kappa shape index (κ3) is 10.2. The molecule has 0 aliphatic carbocycles. The van der Waals surface area contributed by atoms with Gasteiger partial charge < -0.3 is 10.1 Å². The topological polar surface area (TPSA) is 21.3 Å². The van der Waals surface area contributed by atoms with Crippen molar-refractivity contribution < 1.29 is 4.74 Å². The second-order valence-electron chi connectivity index (χ2n) is 5.95. The molecule has 0 unspecified atom stereocenters. The Balaban J connectivity index is 3.33. The van der Waals surface area contributed by atoms with Crippen LogP contribution in [0.1, 0.15) is 60.3 Å². The van der Waals surface area contributed by atoms with Gasteiger partial charge in [0.1, 0.15) is 0 Å². The zero-order valence-electron chi connectivity index (χ0n) is 11.4. The Hall–Kier alpha value is -0.0800. The number of ether oxygens (including phenoxy) is 1. The van der Waals surface area contributed by atoms with Crippen molar-refractivity contribution in [3.63, 3.8) is 0 Å². The molecule has 0 saturated heterocycles. The fourth-order valence-corrected chi connectivity index (χ4v) is 1.42. The van der Waals surface area contributed by atoms with Crippen LogP contribution in [0.15, 0.2) is 0 Å². The molecule has 0 aromatic carbocycles. The van der Waals surface area contributed by atoms with Crippen LogP contribution in [-0.2, 0) is 4.74 Å². The number of rotatable bonds is 7. The molecule has 15 heavy (non-hydrogen) atoms. The van der Waals surface area contributed by atoms with E-state index in [1.165, 1.54) is 19.3 Å². The largest absolute Gasteiger partial charge is 0.379 e. The van der Waals surface area contributed by atoms with E-state index in [0.29, 0.717) is 0 Å². The SMILES string of the molecule is COC(C)(C)CCCCCNC(C)(C)C. The average molecular weight is 215 g/mol. The van der Waals surface area contributed by atoms with Crippen molar-refractivity contribution in [1.29, 1.82) is 0 Å². The van der Waals surface area contributed by atoms with Gasteiger partial charge in [0.05, 0.1) is 5.60 Å². The molecule has 0 rings (SSSR count). The molecule has 1 N–H and O–H groups in total. The van der Waals surface area contributed by atoms with Crippen LogP contribution in [0.4, 0.5) is 0 Å². The van der Waals surface area contributed by atoms with Crippen LogP contribution in [0.2, 0.25) is 0 Å². The van der Waals surface area contributed by atoms with E-state index in [2.05, 4.69) is 39.9 Å². The van der Waals surface area contributed by atoms with E-state index >= 15 is 0 Å². The minimum absolute atomic E-state index is 0.0530. The lowest BCUT2D eigenvalue weighted by Gasteiger charge is -2.23. The van der Waals surface area contributed by atoms with E-state index in [1.54, 1.807) is 7.11 Å². The molecular weight excluding hydrogens is 186 g/mol. The monoisotopic (exact) mass is 215 g/mol. The molecule has 0 heterocycles. The van der Waals surface area contributed by atoms with E-state index in [4.69, 9.17) is 4.74 Å². The number of unbranched alkanes of at least 4 members (excludes halogenated alkanes) is 2. The lowest BCUT2D eigenvalue weighted by atomic mass is 10.0. The summed E-state index contributed by atoms with van der Waals surface area (Å²) >= 11 is 0. The van der Waals surface area contributed by atoms with Crippen molar-refractivity contribution in [3.8, 4) is 0 Å². The van der Waals surface area contributed by atoms with Crippen LogP contribution >= 0.6 is 0 Å². The van der Waals surface area contributed by atoms with Crippen LogP contribution in [-0.4, -0.2) is 24.8 Å². The van der Waals surface area contributed by atoms with Crippen molar-refractivity contribution in [2.45, 2.75) is 71.4 Å². The summed E-state index contributed by atoms with van der Waals surface area (Å²) < 4.78 is 5.38. The highest BCUT2D eigenvalue weighted by atomic mass is 16.5. The third-order valence-electron chi connectivity index (χ3n) is 2.66. The molecule has 0 aliphatic heterocycles. The zero-order valence-corrected chi connectivity index (χ0v) is 11.4. The lowest BCUT2D eigenvalue weighted by molar-refractivity contribution is 0.0134. The summed E-state index contributed by atoms with van der Waals surface area (Å²) in [6.45, 7) is 12.1. The van der Waals surface area contributed by atoms with Crippen molar-refractivity contribution in [3.05, 3.63) is 0 Å². The average Bonchev–Trinajstić information content (AvgIpc) is 2.09. The first-order chi connectivity index (χ1) is 6.77. The van der Waals surface area contributed by atoms with Crippen molar-refractivity contribution in [2.75, 3.05) is 13.7 Å². The van der Waals surface area contributed by atoms with Crippen LogP contribution in [0, 0.1) is 0 Å². The first kappa shape index (κ1) is 14.9. The number of nitrogens with one attached hydrogen (secondary N) is 1. The van der Waals surface area contributed by atoms with Gasteiger partial charge in [-0.05, 0) is 54.0 Å². The first-order valence-corrected chi connectivity index (χ1v) is 6.07. The van der Waals surface area contributed by atoms with Crippen LogP contribution in [0.3, 0.4) is 0 Å². The Morgan fingerprint density at radius 1 is 0.933 bits per heavy atom. The highest BCUT2D eigenvalue weighted by Gasteiger charge is 2.15. The van der Waals surface area contributed by atoms with E-state index in [0.717, 1.165) is 13.0 Å². The van der Waals surface area contributed by atoms with Gasteiger partial charge in [0.2, 0.25) is 0 Å². The smallest absolute Gasteiger partial charge is 0.0622 e. The van der Waals surface area contributed by atoms with Crippen LogP contribution in [0.5, 0.6) is 0 Å². The van der Waals surface area contributed by atoms with Gasteiger partial charge in [-0.2, -0.15) is 0 Å². The van der Waals surface area contributed by atoms with E-state index in [1.807, 2.05) is 0 Å². The molecule has 2 heteroatoms. The van der Waals surface area contributed by atoms with Crippen molar-refractivity contribution >= 4 is 0 Å². The number of hydrogen-bond donors (Lipinski definition) is 1. The summed E-state index contributed by atoms with van der Waals surface area (Å²) in [5.74, 6) is 0. The fourth-order valence-electron chi connectivity index (χ4n) is 1.42. The second kappa shape index (κ2) is 6.49. The third-order valence-corrected chi connectivity index (χ3v) is 2.66. The second-order valence-corrected chi connectivity index (χ2v) is 5.95. The van der Waals surface area contributed by atoms with E-state index < -0.39 is 0 Å². The molecular formula is C13H29NO. The molecule has 0 saturated carbocycles. The van der Waals surface area contributed by atoms with Crippen LogP contribution in [0.25, 0.3) is 0 Å². The Morgan fingerprint density at radius 3 is 2.00 bits per heavy atom. The molecule has 2 nitrogen and oxygen atoms in total. The summed E-state index contributed by atoms with van der Waals surface area (Å²) in [5.41, 5.74) is 0.309. The van der Waals surface area contributed by atoms with E-state index in [-0.39, 0.29) is 11.1 Å². The summed E-state index contributed by atoms with van der Waals surface area (Å²) in [6, 6.07) is 0. The Kier molecular flexibility index (Phi) is 6.46. The maximum Gasteiger partial charge on any atom is 0.0622 e. The summed E-state index contributed by atoms with van der Waals surface area (Å²) in [7, 11) is 1.79. The molecule has 92 valence electrons.